The van der Waals surface area contributed by atoms with Gasteiger partial charge in [-0.05, 0) is 48.8 Å². The second-order valence-corrected chi connectivity index (χ2v) is 6.55. The van der Waals surface area contributed by atoms with E-state index in [1.54, 1.807) is 0 Å². The molecule has 0 bridgehead atoms. The van der Waals surface area contributed by atoms with Crippen molar-refractivity contribution in [2.75, 3.05) is 6.54 Å². The van der Waals surface area contributed by atoms with Gasteiger partial charge in [-0.2, -0.15) is 0 Å². The first-order valence-corrected chi connectivity index (χ1v) is 7.59. The van der Waals surface area contributed by atoms with E-state index in [4.69, 9.17) is 11.6 Å². The zero-order valence-corrected chi connectivity index (χ0v) is 12.5. The fourth-order valence-corrected chi connectivity index (χ4v) is 2.95. The maximum atomic E-state index is 9.83. The zero-order chi connectivity index (χ0) is 13.8. The molecule has 0 saturated heterocycles. The van der Waals surface area contributed by atoms with Crippen LogP contribution in [0.2, 0.25) is 5.02 Å². The van der Waals surface area contributed by atoms with E-state index in [1.165, 1.54) is 5.56 Å². The summed E-state index contributed by atoms with van der Waals surface area (Å²) in [5.74, 6) is 1.18. The van der Waals surface area contributed by atoms with Crippen molar-refractivity contribution < 1.29 is 5.11 Å². The number of hydrogen-bond acceptors (Lipinski definition) is 2. The molecule has 2 rings (SSSR count). The normalized spacial score (nSPS) is 24.3. The minimum atomic E-state index is -0.217. The Morgan fingerprint density at radius 2 is 2.11 bits per heavy atom. The zero-order valence-electron chi connectivity index (χ0n) is 11.8. The average molecular weight is 282 g/mol. The summed E-state index contributed by atoms with van der Waals surface area (Å²) in [5.41, 5.74) is 1.34. The highest BCUT2D eigenvalue weighted by molar-refractivity contribution is 6.30. The van der Waals surface area contributed by atoms with Crippen LogP contribution in [0.1, 0.15) is 44.6 Å². The maximum absolute atomic E-state index is 9.83. The molecular weight excluding hydrogens is 258 g/mol. The molecule has 0 spiro atoms. The summed E-state index contributed by atoms with van der Waals surface area (Å²) in [7, 11) is 0. The smallest absolute Gasteiger partial charge is 0.0667 e. The number of aliphatic hydroxyl groups excluding tert-OH is 1. The summed E-state index contributed by atoms with van der Waals surface area (Å²) in [6.45, 7) is 4.99. The van der Waals surface area contributed by atoms with Gasteiger partial charge in [-0.15, -0.1) is 0 Å². The Morgan fingerprint density at radius 3 is 2.74 bits per heavy atom. The topological polar surface area (TPSA) is 32.3 Å². The number of nitrogens with one attached hydrogen (secondary N) is 1. The van der Waals surface area contributed by atoms with E-state index in [-0.39, 0.29) is 6.10 Å². The van der Waals surface area contributed by atoms with Crippen LogP contribution < -0.4 is 5.32 Å². The molecule has 1 atom stereocenters. The predicted octanol–water partition coefficient (Wildman–Crippen LogP) is 3.58. The van der Waals surface area contributed by atoms with Crippen molar-refractivity contribution in [2.45, 2.75) is 51.2 Å². The third kappa shape index (κ3) is 4.48. The van der Waals surface area contributed by atoms with Crippen LogP contribution in [0.4, 0.5) is 0 Å². The average Bonchev–Trinajstić information content (AvgIpc) is 2.25. The van der Waals surface area contributed by atoms with E-state index in [0.717, 1.165) is 24.3 Å². The summed E-state index contributed by atoms with van der Waals surface area (Å²) < 4.78 is 0. The molecule has 0 aromatic heterocycles. The van der Waals surface area contributed by atoms with E-state index in [2.05, 4.69) is 31.3 Å². The summed E-state index contributed by atoms with van der Waals surface area (Å²) in [5, 5.41) is 14.1. The molecule has 1 aliphatic carbocycles. The van der Waals surface area contributed by atoms with Crippen molar-refractivity contribution in [3.8, 4) is 0 Å². The van der Waals surface area contributed by atoms with Crippen molar-refractivity contribution in [1.82, 2.24) is 5.32 Å². The number of halogens is 1. The van der Waals surface area contributed by atoms with Gasteiger partial charge in [0.05, 0.1) is 6.10 Å². The third-order valence-electron chi connectivity index (χ3n) is 3.84. The van der Waals surface area contributed by atoms with Gasteiger partial charge in [0.25, 0.3) is 0 Å². The lowest BCUT2D eigenvalue weighted by molar-refractivity contribution is 0.133. The second-order valence-electron chi connectivity index (χ2n) is 6.11. The van der Waals surface area contributed by atoms with Gasteiger partial charge in [0.1, 0.15) is 0 Å². The van der Waals surface area contributed by atoms with E-state index in [0.29, 0.717) is 24.4 Å². The molecule has 3 heteroatoms. The lowest BCUT2D eigenvalue weighted by Gasteiger charge is -2.37. The lowest BCUT2D eigenvalue weighted by Crippen LogP contribution is -2.43. The van der Waals surface area contributed by atoms with Gasteiger partial charge in [0.2, 0.25) is 0 Å². The highest BCUT2D eigenvalue weighted by atomic mass is 35.5. The first-order chi connectivity index (χ1) is 9.04. The highest BCUT2D eigenvalue weighted by Gasteiger charge is 2.30. The minimum Gasteiger partial charge on any atom is -0.392 e. The molecule has 1 aliphatic rings. The molecule has 0 radical (unpaired) electrons. The lowest BCUT2D eigenvalue weighted by atomic mass is 9.76. The van der Waals surface area contributed by atoms with Crippen LogP contribution in [0.3, 0.4) is 0 Å². The molecule has 0 heterocycles. The second kappa shape index (κ2) is 6.74. The van der Waals surface area contributed by atoms with Crippen molar-refractivity contribution in [1.29, 1.82) is 0 Å². The van der Waals surface area contributed by atoms with E-state index in [9.17, 15) is 5.11 Å². The Morgan fingerprint density at radius 1 is 1.37 bits per heavy atom. The van der Waals surface area contributed by atoms with E-state index in [1.807, 2.05) is 12.1 Å². The van der Waals surface area contributed by atoms with Crippen LogP contribution >= 0.6 is 11.6 Å². The van der Waals surface area contributed by atoms with Crippen LogP contribution in [-0.4, -0.2) is 23.8 Å². The predicted molar refractivity (Wildman–Crippen MR) is 80.7 cm³/mol. The molecule has 1 fully saturated rings. The van der Waals surface area contributed by atoms with Gasteiger partial charge in [-0.3, -0.25) is 0 Å². The van der Waals surface area contributed by atoms with Crippen molar-refractivity contribution in [3.05, 3.63) is 34.9 Å². The number of aliphatic hydroxyl groups is 1. The third-order valence-corrected chi connectivity index (χ3v) is 4.08. The van der Waals surface area contributed by atoms with Gasteiger partial charge in [0.15, 0.2) is 0 Å². The summed E-state index contributed by atoms with van der Waals surface area (Å²) in [6.07, 6.45) is 2.95. The van der Waals surface area contributed by atoms with Gasteiger partial charge in [-0.1, -0.05) is 37.6 Å². The molecule has 2 N–H and O–H groups in total. The Bertz CT molecular complexity index is 401. The molecule has 1 unspecified atom stereocenters. The molecule has 106 valence electrons. The van der Waals surface area contributed by atoms with Crippen LogP contribution in [-0.2, 0) is 0 Å². The van der Waals surface area contributed by atoms with Crippen molar-refractivity contribution in [2.24, 2.45) is 5.92 Å². The molecule has 0 aliphatic heterocycles. The number of benzene rings is 1. The SMILES string of the molecule is CC(C)CC(O)CNC1CC(c2cccc(Cl)c2)C1. The summed E-state index contributed by atoms with van der Waals surface area (Å²) >= 11 is 6.01. The largest absolute Gasteiger partial charge is 0.392 e. The van der Waals surface area contributed by atoms with Crippen LogP contribution in [0, 0.1) is 5.92 Å². The quantitative estimate of drug-likeness (QED) is 0.835. The molecule has 0 amide bonds. The fourth-order valence-electron chi connectivity index (χ4n) is 2.75. The molecule has 1 aromatic rings. The van der Waals surface area contributed by atoms with Gasteiger partial charge < -0.3 is 10.4 Å². The van der Waals surface area contributed by atoms with Gasteiger partial charge in [-0.25, -0.2) is 0 Å². The molecular formula is C16H24ClNO. The first kappa shape index (κ1) is 14.8. The standard InChI is InChI=1S/C16H24ClNO/c1-11(2)6-16(19)10-18-15-8-13(9-15)12-4-3-5-14(17)7-12/h3-5,7,11,13,15-16,18-19H,6,8-10H2,1-2H3. The number of hydrogen-bond donors (Lipinski definition) is 2. The van der Waals surface area contributed by atoms with Crippen molar-refractivity contribution >= 4 is 11.6 Å². The molecule has 2 nitrogen and oxygen atoms in total. The number of rotatable bonds is 6. The molecule has 1 saturated carbocycles. The Hall–Kier alpha value is -0.570. The first-order valence-electron chi connectivity index (χ1n) is 7.21. The fraction of sp³-hybridized carbons (Fsp3) is 0.625. The van der Waals surface area contributed by atoms with E-state index < -0.39 is 0 Å². The maximum Gasteiger partial charge on any atom is 0.0667 e. The van der Waals surface area contributed by atoms with Crippen LogP contribution in [0.5, 0.6) is 0 Å². The highest BCUT2D eigenvalue weighted by Crippen LogP contribution is 2.37. The van der Waals surface area contributed by atoms with Crippen molar-refractivity contribution in [3.63, 3.8) is 0 Å². The summed E-state index contributed by atoms with van der Waals surface area (Å²) in [4.78, 5) is 0. The summed E-state index contributed by atoms with van der Waals surface area (Å²) in [6, 6.07) is 8.70. The minimum absolute atomic E-state index is 0.217. The Balaban J connectivity index is 1.69. The van der Waals surface area contributed by atoms with Gasteiger partial charge >= 0.3 is 0 Å². The monoisotopic (exact) mass is 281 g/mol. The van der Waals surface area contributed by atoms with Crippen LogP contribution in [0.15, 0.2) is 24.3 Å². The molecule has 19 heavy (non-hydrogen) atoms. The Labute approximate surface area is 121 Å². The molecule has 1 aromatic carbocycles. The van der Waals surface area contributed by atoms with E-state index >= 15 is 0 Å². The van der Waals surface area contributed by atoms with Crippen LogP contribution in [0.25, 0.3) is 0 Å². The van der Waals surface area contributed by atoms with Gasteiger partial charge in [0, 0.05) is 17.6 Å². The Kier molecular flexibility index (Phi) is 5.26.